The first-order chi connectivity index (χ1) is 15.1. The van der Waals surface area contributed by atoms with E-state index in [9.17, 15) is 4.39 Å². The summed E-state index contributed by atoms with van der Waals surface area (Å²) >= 11 is 5.90. The number of aryl methyl sites for hydroxylation is 1. The van der Waals surface area contributed by atoms with Gasteiger partial charge in [-0.25, -0.2) is 19.0 Å². The Hall–Kier alpha value is -3.66. The van der Waals surface area contributed by atoms with Crippen molar-refractivity contribution in [2.75, 3.05) is 23.9 Å². The Morgan fingerprint density at radius 3 is 2.74 bits per heavy atom. The fraction of sp³-hybridized carbons (Fsp3) is 0.200. The zero-order valence-electron chi connectivity index (χ0n) is 16.5. The molecular formula is C20H18ClFN8O. The molecule has 0 unspecified atom stereocenters. The van der Waals surface area contributed by atoms with Crippen molar-refractivity contribution in [3.05, 3.63) is 60.0 Å². The van der Waals surface area contributed by atoms with Crippen molar-refractivity contribution in [3.63, 3.8) is 0 Å². The fourth-order valence-corrected chi connectivity index (χ4v) is 3.62. The third-order valence-electron chi connectivity index (χ3n) is 4.89. The van der Waals surface area contributed by atoms with Crippen molar-refractivity contribution in [1.29, 1.82) is 0 Å². The summed E-state index contributed by atoms with van der Waals surface area (Å²) in [6, 6.07) is 8.16. The van der Waals surface area contributed by atoms with Crippen molar-refractivity contribution >= 4 is 34.9 Å². The zero-order chi connectivity index (χ0) is 21.4. The molecule has 0 saturated carbocycles. The molecule has 0 atom stereocenters. The second kappa shape index (κ2) is 7.88. The van der Waals surface area contributed by atoms with E-state index in [1.165, 1.54) is 12.1 Å². The number of nitrogens with zero attached hydrogens (tertiary/aromatic N) is 7. The molecule has 1 N–H and O–H groups in total. The number of hydrogen-bond donors (Lipinski definition) is 1. The molecule has 3 aromatic heterocycles. The van der Waals surface area contributed by atoms with Gasteiger partial charge in [0.1, 0.15) is 17.3 Å². The van der Waals surface area contributed by atoms with Crippen LogP contribution in [0.3, 0.4) is 0 Å². The Labute approximate surface area is 182 Å². The highest BCUT2D eigenvalue weighted by Gasteiger charge is 2.23. The van der Waals surface area contributed by atoms with Crippen LogP contribution in [0.15, 0.2) is 49.1 Å². The molecule has 4 heterocycles. The largest absolute Gasteiger partial charge is 0.493 e. The number of imidazole rings is 1. The van der Waals surface area contributed by atoms with Gasteiger partial charge in [-0.15, -0.1) is 5.10 Å². The van der Waals surface area contributed by atoms with Crippen molar-refractivity contribution in [1.82, 2.24) is 29.3 Å². The van der Waals surface area contributed by atoms with Gasteiger partial charge in [-0.1, -0.05) is 11.6 Å². The Morgan fingerprint density at radius 2 is 2.00 bits per heavy atom. The van der Waals surface area contributed by atoms with Gasteiger partial charge in [-0.2, -0.15) is 4.98 Å². The summed E-state index contributed by atoms with van der Waals surface area (Å²) in [5.41, 5.74) is 1.54. The van der Waals surface area contributed by atoms with E-state index in [4.69, 9.17) is 16.3 Å². The number of nitrogens with one attached hydrogen (secondary N) is 1. The minimum Gasteiger partial charge on any atom is -0.493 e. The molecule has 0 saturated heterocycles. The number of benzene rings is 1. The van der Waals surface area contributed by atoms with Crippen LogP contribution < -0.4 is 15.0 Å². The molecule has 9 nitrogen and oxygen atoms in total. The maximum Gasteiger partial charge on any atom is 0.248 e. The Kier molecular flexibility index (Phi) is 4.91. The van der Waals surface area contributed by atoms with Crippen LogP contribution in [-0.2, 0) is 6.54 Å². The van der Waals surface area contributed by atoms with Crippen LogP contribution in [0.4, 0.5) is 27.7 Å². The summed E-state index contributed by atoms with van der Waals surface area (Å²) < 4.78 is 22.3. The summed E-state index contributed by atoms with van der Waals surface area (Å²) in [4.78, 5) is 15.1. The smallest absolute Gasteiger partial charge is 0.248 e. The lowest BCUT2D eigenvalue weighted by Crippen LogP contribution is -2.28. The molecule has 1 aromatic carbocycles. The monoisotopic (exact) mass is 440 g/mol. The average molecular weight is 441 g/mol. The highest BCUT2D eigenvalue weighted by atomic mass is 35.5. The molecular weight excluding hydrogens is 423 g/mol. The fourth-order valence-electron chi connectivity index (χ4n) is 3.47. The van der Waals surface area contributed by atoms with Gasteiger partial charge in [0.15, 0.2) is 11.6 Å². The van der Waals surface area contributed by atoms with E-state index < -0.39 is 0 Å². The lowest BCUT2D eigenvalue weighted by molar-refractivity contribution is 0.411. The number of rotatable bonds is 5. The highest BCUT2D eigenvalue weighted by molar-refractivity contribution is 6.29. The van der Waals surface area contributed by atoms with Gasteiger partial charge in [-0.3, -0.25) is 4.57 Å². The third-order valence-corrected chi connectivity index (χ3v) is 5.08. The first kappa shape index (κ1) is 19.3. The van der Waals surface area contributed by atoms with Gasteiger partial charge in [-0.05, 0) is 30.7 Å². The molecule has 1 aliphatic heterocycles. The standard InChI is InChI=1S/C20H18ClFN8O/c1-31-16-9-14(10-23-18(16)28-11-17(21)24-12-28)25-19-26-20-29(7-2-8-30(20)27-19)15-5-3-13(22)4-6-15/h3-6,9-12H,2,7-8H2,1H3,(H,25,27). The number of methoxy groups -OCH3 is 1. The summed E-state index contributed by atoms with van der Waals surface area (Å²) in [7, 11) is 1.57. The van der Waals surface area contributed by atoms with Crippen molar-refractivity contribution in [2.45, 2.75) is 13.0 Å². The quantitative estimate of drug-likeness (QED) is 0.503. The molecule has 0 amide bonds. The predicted octanol–water partition coefficient (Wildman–Crippen LogP) is 3.95. The third kappa shape index (κ3) is 3.77. The molecule has 0 aliphatic carbocycles. The summed E-state index contributed by atoms with van der Waals surface area (Å²) in [5, 5.41) is 8.10. The molecule has 0 spiro atoms. The molecule has 1 aliphatic rings. The summed E-state index contributed by atoms with van der Waals surface area (Å²) in [5.74, 6) is 1.96. The van der Waals surface area contributed by atoms with Gasteiger partial charge in [0.05, 0.1) is 19.0 Å². The summed E-state index contributed by atoms with van der Waals surface area (Å²) in [6.07, 6.45) is 5.78. The molecule has 0 fully saturated rings. The van der Waals surface area contributed by atoms with E-state index in [-0.39, 0.29) is 5.82 Å². The van der Waals surface area contributed by atoms with Crippen molar-refractivity contribution in [3.8, 4) is 11.6 Å². The normalized spacial score (nSPS) is 13.2. The maximum atomic E-state index is 13.3. The lowest BCUT2D eigenvalue weighted by atomic mass is 10.2. The van der Waals surface area contributed by atoms with Gasteiger partial charge in [0.2, 0.25) is 11.9 Å². The van der Waals surface area contributed by atoms with E-state index in [2.05, 4.69) is 25.4 Å². The summed E-state index contributed by atoms with van der Waals surface area (Å²) in [6.45, 7) is 1.53. The lowest BCUT2D eigenvalue weighted by Gasteiger charge is -2.27. The van der Waals surface area contributed by atoms with Crippen LogP contribution in [0.5, 0.6) is 5.75 Å². The number of hydrogen-bond acceptors (Lipinski definition) is 7. The molecule has 5 rings (SSSR count). The highest BCUT2D eigenvalue weighted by Crippen LogP contribution is 2.30. The second-order valence-corrected chi connectivity index (χ2v) is 7.31. The van der Waals surface area contributed by atoms with Crippen LogP contribution in [-0.4, -0.2) is 43.0 Å². The number of anilines is 4. The first-order valence-electron chi connectivity index (χ1n) is 9.59. The van der Waals surface area contributed by atoms with Gasteiger partial charge in [0.25, 0.3) is 0 Å². The zero-order valence-corrected chi connectivity index (χ0v) is 17.3. The molecule has 0 radical (unpaired) electrons. The predicted molar refractivity (Wildman–Crippen MR) is 114 cm³/mol. The Balaban J connectivity index is 1.42. The molecule has 0 bridgehead atoms. The van der Waals surface area contributed by atoms with Gasteiger partial charge in [0, 0.05) is 31.0 Å². The van der Waals surface area contributed by atoms with E-state index in [1.54, 1.807) is 48.6 Å². The minimum atomic E-state index is -0.271. The van der Waals surface area contributed by atoms with Crippen LogP contribution in [0.25, 0.3) is 5.82 Å². The van der Waals surface area contributed by atoms with Crippen LogP contribution in [0.2, 0.25) is 5.15 Å². The van der Waals surface area contributed by atoms with Crippen molar-refractivity contribution < 1.29 is 9.13 Å². The van der Waals surface area contributed by atoms with Crippen LogP contribution in [0, 0.1) is 5.82 Å². The molecule has 31 heavy (non-hydrogen) atoms. The van der Waals surface area contributed by atoms with Gasteiger partial charge >= 0.3 is 0 Å². The van der Waals surface area contributed by atoms with Crippen LogP contribution >= 0.6 is 11.6 Å². The van der Waals surface area contributed by atoms with E-state index in [1.807, 2.05) is 9.58 Å². The topological polar surface area (TPSA) is 85.9 Å². The number of ether oxygens (including phenoxy) is 1. The number of pyridine rings is 1. The van der Waals surface area contributed by atoms with E-state index in [0.29, 0.717) is 34.3 Å². The first-order valence-corrected chi connectivity index (χ1v) is 9.97. The average Bonchev–Trinajstić information content (AvgIpc) is 3.39. The van der Waals surface area contributed by atoms with Crippen molar-refractivity contribution in [2.24, 2.45) is 0 Å². The number of fused-ring (bicyclic) bond motifs is 1. The van der Waals surface area contributed by atoms with Crippen LogP contribution in [0.1, 0.15) is 6.42 Å². The SMILES string of the molecule is COc1cc(Nc2nc3n(n2)CCCN3c2ccc(F)cc2)cnc1-n1cnc(Cl)c1. The number of halogens is 2. The Bertz CT molecular complexity index is 1220. The maximum absolute atomic E-state index is 13.3. The van der Waals surface area contributed by atoms with E-state index >= 15 is 0 Å². The molecule has 11 heteroatoms. The van der Waals surface area contributed by atoms with Gasteiger partial charge < -0.3 is 15.0 Å². The van der Waals surface area contributed by atoms with E-state index in [0.717, 1.165) is 25.2 Å². The second-order valence-electron chi connectivity index (χ2n) is 6.92. The Morgan fingerprint density at radius 1 is 1.16 bits per heavy atom. The molecule has 158 valence electrons. The molecule has 4 aromatic rings. The number of aromatic nitrogens is 6. The minimum absolute atomic E-state index is 0.271.